The average Bonchev–Trinajstić information content (AvgIpc) is 2.91. The largest absolute Gasteiger partial charge is 0.495 e. The summed E-state index contributed by atoms with van der Waals surface area (Å²) in [5, 5.41) is 3.53. The normalized spacial score (nSPS) is 18.9. The molecule has 1 aromatic carbocycles. The molecular weight excluding hydrogens is 323 g/mol. The summed E-state index contributed by atoms with van der Waals surface area (Å²) in [6, 6.07) is 4.56. The maximum absolute atomic E-state index is 12.6. The molecule has 20 heavy (non-hydrogen) atoms. The van der Waals surface area contributed by atoms with Gasteiger partial charge in [-0.25, -0.2) is 8.42 Å². The molecule has 0 radical (unpaired) electrons. The Bertz CT molecular complexity index is 560. The van der Waals surface area contributed by atoms with Crippen molar-refractivity contribution in [3.8, 4) is 5.75 Å². The van der Waals surface area contributed by atoms with E-state index in [2.05, 4.69) is 5.32 Å². The average molecular weight is 341 g/mol. The van der Waals surface area contributed by atoms with Crippen LogP contribution in [0.3, 0.4) is 0 Å². The summed E-state index contributed by atoms with van der Waals surface area (Å²) >= 11 is 5.89. The monoisotopic (exact) mass is 340 g/mol. The van der Waals surface area contributed by atoms with Gasteiger partial charge in [0.2, 0.25) is 10.0 Å². The Balaban J connectivity index is 0.00000200. The Morgan fingerprint density at radius 2 is 2.15 bits per heavy atom. The lowest BCUT2D eigenvalue weighted by Crippen LogP contribution is -2.38. The number of methoxy groups -OCH3 is 1. The molecule has 0 aromatic heterocycles. The van der Waals surface area contributed by atoms with Crippen LogP contribution in [-0.4, -0.2) is 46.0 Å². The van der Waals surface area contributed by atoms with Crippen LogP contribution in [-0.2, 0) is 10.0 Å². The second-order valence-electron chi connectivity index (χ2n) is 4.46. The van der Waals surface area contributed by atoms with E-state index in [9.17, 15) is 8.42 Å². The molecule has 8 heteroatoms. The van der Waals surface area contributed by atoms with Crippen LogP contribution < -0.4 is 10.1 Å². The van der Waals surface area contributed by atoms with Crippen LogP contribution in [0.2, 0.25) is 5.02 Å². The molecule has 0 spiro atoms. The third-order valence-electron chi connectivity index (χ3n) is 3.33. The van der Waals surface area contributed by atoms with Crippen LogP contribution in [0.25, 0.3) is 0 Å². The number of benzene rings is 1. The highest BCUT2D eigenvalue weighted by molar-refractivity contribution is 7.89. The Morgan fingerprint density at radius 3 is 2.70 bits per heavy atom. The van der Waals surface area contributed by atoms with Gasteiger partial charge in [0, 0.05) is 24.7 Å². The van der Waals surface area contributed by atoms with E-state index in [1.54, 1.807) is 19.2 Å². The zero-order chi connectivity index (χ0) is 14.0. The van der Waals surface area contributed by atoms with Gasteiger partial charge in [-0.1, -0.05) is 11.6 Å². The van der Waals surface area contributed by atoms with Crippen LogP contribution in [0.5, 0.6) is 5.75 Å². The molecule has 1 aromatic rings. The highest BCUT2D eigenvalue weighted by Crippen LogP contribution is 2.30. The fourth-order valence-electron chi connectivity index (χ4n) is 2.15. The molecule has 5 nitrogen and oxygen atoms in total. The number of rotatable bonds is 4. The maximum atomic E-state index is 12.6. The van der Waals surface area contributed by atoms with Crippen LogP contribution in [0.15, 0.2) is 23.1 Å². The van der Waals surface area contributed by atoms with Gasteiger partial charge in [0.05, 0.1) is 7.11 Å². The Morgan fingerprint density at radius 1 is 1.45 bits per heavy atom. The smallest absolute Gasteiger partial charge is 0.246 e. The van der Waals surface area contributed by atoms with Crippen LogP contribution in [0.4, 0.5) is 0 Å². The summed E-state index contributed by atoms with van der Waals surface area (Å²) in [5.41, 5.74) is 0. The predicted octanol–water partition coefficient (Wildman–Crippen LogP) is 1.75. The van der Waals surface area contributed by atoms with Crippen molar-refractivity contribution in [2.24, 2.45) is 0 Å². The standard InChI is InChI=1S/C12H17ClN2O3S.ClH/c1-15(10-5-6-14-8-10)19(16,17)12-7-9(13)3-4-11(12)18-2;/h3-4,7,10,14H,5-6,8H2,1-2H3;1H. The number of likely N-dealkylation sites (N-methyl/N-ethyl adjacent to an activating group) is 1. The summed E-state index contributed by atoms with van der Waals surface area (Å²) in [6.45, 7) is 1.50. The molecule has 1 saturated heterocycles. The quantitative estimate of drug-likeness (QED) is 0.907. The van der Waals surface area contributed by atoms with Crippen molar-refractivity contribution >= 4 is 34.0 Å². The first kappa shape index (κ1) is 17.5. The molecule has 1 atom stereocenters. The third-order valence-corrected chi connectivity index (χ3v) is 5.50. The van der Waals surface area contributed by atoms with Gasteiger partial charge in [0.1, 0.15) is 10.6 Å². The second-order valence-corrected chi connectivity index (χ2v) is 6.87. The Kier molecular flexibility index (Phi) is 6.09. The minimum Gasteiger partial charge on any atom is -0.495 e. The summed E-state index contributed by atoms with van der Waals surface area (Å²) in [4.78, 5) is 0.108. The van der Waals surface area contributed by atoms with E-state index in [0.717, 1.165) is 13.0 Å². The zero-order valence-corrected chi connectivity index (χ0v) is 13.7. The van der Waals surface area contributed by atoms with Crippen molar-refractivity contribution in [1.29, 1.82) is 0 Å². The molecule has 1 heterocycles. The molecule has 0 amide bonds. The summed E-state index contributed by atoms with van der Waals surface area (Å²) in [5.74, 6) is 0.308. The summed E-state index contributed by atoms with van der Waals surface area (Å²) < 4.78 is 31.7. The van der Waals surface area contributed by atoms with Crippen LogP contribution in [0, 0.1) is 0 Å². The number of nitrogens with one attached hydrogen (secondary N) is 1. The predicted molar refractivity (Wildman–Crippen MR) is 81.5 cm³/mol. The lowest BCUT2D eigenvalue weighted by Gasteiger charge is -2.24. The van der Waals surface area contributed by atoms with E-state index in [4.69, 9.17) is 16.3 Å². The zero-order valence-electron chi connectivity index (χ0n) is 11.3. The summed E-state index contributed by atoms with van der Waals surface area (Å²) in [6.07, 6.45) is 0.804. The lowest BCUT2D eigenvalue weighted by molar-refractivity contribution is 0.376. The van der Waals surface area contributed by atoms with E-state index < -0.39 is 10.0 Å². The molecular formula is C12H18Cl2N2O3S. The van der Waals surface area contributed by atoms with Gasteiger partial charge in [-0.05, 0) is 31.2 Å². The van der Waals surface area contributed by atoms with Gasteiger partial charge in [-0.3, -0.25) is 0 Å². The third kappa shape index (κ3) is 3.38. The first-order valence-electron chi connectivity index (χ1n) is 5.99. The lowest BCUT2D eigenvalue weighted by atomic mass is 10.3. The number of hydrogen-bond donors (Lipinski definition) is 1. The highest BCUT2D eigenvalue weighted by atomic mass is 35.5. The van der Waals surface area contributed by atoms with Gasteiger partial charge < -0.3 is 10.1 Å². The van der Waals surface area contributed by atoms with Crippen molar-refractivity contribution in [2.45, 2.75) is 17.4 Å². The van der Waals surface area contributed by atoms with Crippen molar-refractivity contribution in [3.05, 3.63) is 23.2 Å². The van der Waals surface area contributed by atoms with E-state index in [1.165, 1.54) is 17.5 Å². The Hall–Kier alpha value is -0.530. The Labute approximate surface area is 130 Å². The van der Waals surface area contributed by atoms with Crippen LogP contribution >= 0.6 is 24.0 Å². The van der Waals surface area contributed by atoms with Gasteiger partial charge in [-0.15, -0.1) is 12.4 Å². The highest BCUT2D eigenvalue weighted by Gasteiger charge is 2.32. The molecule has 1 aliphatic heterocycles. The SMILES string of the molecule is COc1ccc(Cl)cc1S(=O)(=O)N(C)C1CCNC1.Cl. The number of ether oxygens (including phenoxy) is 1. The van der Waals surface area contributed by atoms with Crippen molar-refractivity contribution in [2.75, 3.05) is 27.2 Å². The van der Waals surface area contributed by atoms with E-state index in [0.29, 0.717) is 17.3 Å². The fraction of sp³-hybridized carbons (Fsp3) is 0.500. The number of sulfonamides is 1. The molecule has 1 unspecified atom stereocenters. The molecule has 0 saturated carbocycles. The van der Waals surface area contributed by atoms with Gasteiger partial charge in [-0.2, -0.15) is 4.31 Å². The molecule has 0 bridgehead atoms. The molecule has 2 rings (SSSR count). The molecule has 1 N–H and O–H groups in total. The molecule has 1 fully saturated rings. The number of hydrogen-bond acceptors (Lipinski definition) is 4. The van der Waals surface area contributed by atoms with Crippen molar-refractivity contribution in [3.63, 3.8) is 0 Å². The fourth-order valence-corrected chi connectivity index (χ4v) is 3.95. The van der Waals surface area contributed by atoms with Gasteiger partial charge in [0.25, 0.3) is 0 Å². The van der Waals surface area contributed by atoms with Gasteiger partial charge in [0.15, 0.2) is 0 Å². The van der Waals surface area contributed by atoms with Crippen molar-refractivity contribution in [1.82, 2.24) is 9.62 Å². The number of halogens is 2. The second kappa shape index (κ2) is 6.95. The molecule has 114 valence electrons. The van der Waals surface area contributed by atoms with E-state index >= 15 is 0 Å². The molecule has 1 aliphatic rings. The van der Waals surface area contributed by atoms with E-state index in [-0.39, 0.29) is 23.3 Å². The summed E-state index contributed by atoms with van der Waals surface area (Å²) in [7, 11) is -0.569. The van der Waals surface area contributed by atoms with E-state index in [1.807, 2.05) is 0 Å². The van der Waals surface area contributed by atoms with Crippen molar-refractivity contribution < 1.29 is 13.2 Å². The first-order valence-corrected chi connectivity index (χ1v) is 7.81. The maximum Gasteiger partial charge on any atom is 0.246 e. The minimum atomic E-state index is -3.60. The topological polar surface area (TPSA) is 58.6 Å². The van der Waals surface area contributed by atoms with Crippen LogP contribution in [0.1, 0.15) is 6.42 Å². The minimum absolute atomic E-state index is 0. The number of nitrogens with zero attached hydrogens (tertiary/aromatic N) is 1. The molecule has 0 aliphatic carbocycles. The van der Waals surface area contributed by atoms with Gasteiger partial charge >= 0.3 is 0 Å². The first-order chi connectivity index (χ1) is 8.96.